The number of fused-ring (bicyclic) bond motifs is 1. The van der Waals surface area contributed by atoms with Crippen molar-refractivity contribution in [1.82, 2.24) is 9.88 Å². The Morgan fingerprint density at radius 1 is 1.32 bits per heavy atom. The van der Waals surface area contributed by atoms with E-state index >= 15 is 0 Å². The molecular weight excluding hydrogens is 274 g/mol. The Morgan fingerprint density at radius 2 is 2.14 bits per heavy atom. The molecule has 0 aliphatic carbocycles. The molecule has 1 aliphatic heterocycles. The summed E-state index contributed by atoms with van der Waals surface area (Å²) in [6.07, 6.45) is 6.04. The third-order valence-corrected chi connectivity index (χ3v) is 3.72. The lowest BCUT2D eigenvalue weighted by Gasteiger charge is -2.24. The Morgan fingerprint density at radius 3 is 2.95 bits per heavy atom. The number of amides is 1. The molecule has 4 heteroatoms. The molecule has 0 saturated heterocycles. The highest BCUT2D eigenvalue weighted by molar-refractivity contribution is 6.01. The summed E-state index contributed by atoms with van der Waals surface area (Å²) in [4.78, 5) is 18.7. The van der Waals surface area contributed by atoms with Crippen molar-refractivity contribution in [3.8, 4) is 0 Å². The van der Waals surface area contributed by atoms with Crippen LogP contribution in [0.15, 0.2) is 48.7 Å². The van der Waals surface area contributed by atoms with E-state index in [-0.39, 0.29) is 5.91 Å². The van der Waals surface area contributed by atoms with Gasteiger partial charge in [-0.1, -0.05) is 30.3 Å². The van der Waals surface area contributed by atoms with Crippen LogP contribution in [0, 0.1) is 0 Å². The van der Waals surface area contributed by atoms with Gasteiger partial charge in [0, 0.05) is 31.3 Å². The van der Waals surface area contributed by atoms with E-state index in [1.54, 1.807) is 18.3 Å². The first-order valence-corrected chi connectivity index (χ1v) is 7.41. The number of pyridine rings is 1. The van der Waals surface area contributed by atoms with Crippen molar-refractivity contribution in [1.29, 1.82) is 0 Å². The van der Waals surface area contributed by atoms with Gasteiger partial charge in [-0.15, -0.1) is 0 Å². The van der Waals surface area contributed by atoms with Gasteiger partial charge in [0.1, 0.15) is 0 Å². The van der Waals surface area contributed by atoms with Gasteiger partial charge in [0.15, 0.2) is 0 Å². The fourth-order valence-corrected chi connectivity index (χ4v) is 2.56. The summed E-state index contributed by atoms with van der Waals surface area (Å²) in [6, 6.07) is 11.8. The van der Waals surface area contributed by atoms with Gasteiger partial charge in [0.2, 0.25) is 5.91 Å². The molecule has 3 rings (SSSR count). The number of aromatic nitrogens is 1. The van der Waals surface area contributed by atoms with Gasteiger partial charge in [-0.3, -0.25) is 9.78 Å². The van der Waals surface area contributed by atoms with Crippen LogP contribution in [0.5, 0.6) is 0 Å². The molecule has 1 aromatic carbocycles. The van der Waals surface area contributed by atoms with Crippen LogP contribution < -0.4 is 5.32 Å². The topological polar surface area (TPSA) is 45.2 Å². The smallest absolute Gasteiger partial charge is 0.248 e. The number of carbonyl (C=O) groups excluding carboxylic acids is 1. The molecule has 0 saturated carbocycles. The third-order valence-electron chi connectivity index (χ3n) is 3.72. The summed E-state index contributed by atoms with van der Waals surface area (Å²) in [5.74, 6) is -0.144. The van der Waals surface area contributed by atoms with Crippen LogP contribution in [-0.4, -0.2) is 29.4 Å². The molecule has 0 radical (unpaired) electrons. The first-order valence-electron chi connectivity index (χ1n) is 7.41. The van der Waals surface area contributed by atoms with E-state index in [9.17, 15) is 4.79 Å². The molecule has 2 aromatic rings. The van der Waals surface area contributed by atoms with E-state index in [0.29, 0.717) is 0 Å². The summed E-state index contributed by atoms with van der Waals surface area (Å²) in [6.45, 7) is 1.91. The van der Waals surface area contributed by atoms with E-state index in [0.717, 1.165) is 36.5 Å². The van der Waals surface area contributed by atoms with Crippen molar-refractivity contribution in [2.45, 2.75) is 13.0 Å². The average molecular weight is 293 g/mol. The monoisotopic (exact) mass is 293 g/mol. The average Bonchev–Trinajstić information content (AvgIpc) is 2.53. The van der Waals surface area contributed by atoms with E-state index in [2.05, 4.69) is 22.2 Å². The summed E-state index contributed by atoms with van der Waals surface area (Å²) in [5.41, 5.74) is 4.08. The Labute approximate surface area is 130 Å². The Kier molecular flexibility index (Phi) is 4.30. The van der Waals surface area contributed by atoms with Crippen LogP contribution in [0.3, 0.4) is 0 Å². The summed E-state index contributed by atoms with van der Waals surface area (Å²) in [5, 5.41) is 2.87. The van der Waals surface area contributed by atoms with Crippen molar-refractivity contribution in [3.05, 3.63) is 65.5 Å². The van der Waals surface area contributed by atoms with Crippen LogP contribution in [0.4, 0.5) is 5.69 Å². The van der Waals surface area contributed by atoms with Gasteiger partial charge in [-0.25, -0.2) is 0 Å². The minimum Gasteiger partial charge on any atom is -0.321 e. The van der Waals surface area contributed by atoms with E-state index in [1.807, 2.05) is 36.4 Å². The minimum absolute atomic E-state index is 0.144. The molecular formula is C18H19N3O. The minimum atomic E-state index is -0.144. The van der Waals surface area contributed by atoms with Crippen LogP contribution in [0.2, 0.25) is 0 Å². The van der Waals surface area contributed by atoms with Gasteiger partial charge in [0.05, 0.1) is 11.9 Å². The number of rotatable bonds is 3. The molecule has 22 heavy (non-hydrogen) atoms. The SMILES string of the molecule is CN1CCc2ncc(NC(=O)/C=C/c3ccccc3)cc2C1. The molecule has 0 bridgehead atoms. The molecule has 0 spiro atoms. The lowest BCUT2D eigenvalue weighted by atomic mass is 10.1. The lowest BCUT2D eigenvalue weighted by molar-refractivity contribution is -0.111. The number of nitrogens with one attached hydrogen (secondary N) is 1. The quantitative estimate of drug-likeness (QED) is 0.885. The molecule has 112 valence electrons. The first-order chi connectivity index (χ1) is 10.7. The number of likely N-dealkylation sites (N-methyl/N-ethyl adjacent to an activating group) is 1. The van der Waals surface area contributed by atoms with Gasteiger partial charge >= 0.3 is 0 Å². The molecule has 4 nitrogen and oxygen atoms in total. The number of nitrogens with zero attached hydrogens (tertiary/aromatic N) is 2. The normalized spacial score (nSPS) is 14.8. The molecule has 1 aliphatic rings. The van der Waals surface area contributed by atoms with E-state index < -0.39 is 0 Å². The van der Waals surface area contributed by atoms with Gasteiger partial charge in [0.25, 0.3) is 0 Å². The fourth-order valence-electron chi connectivity index (χ4n) is 2.56. The van der Waals surface area contributed by atoms with Crippen molar-refractivity contribution in [2.24, 2.45) is 0 Å². The van der Waals surface area contributed by atoms with Gasteiger partial charge in [-0.05, 0) is 30.3 Å². The van der Waals surface area contributed by atoms with Crippen molar-refractivity contribution < 1.29 is 4.79 Å². The fraction of sp³-hybridized carbons (Fsp3) is 0.222. The molecule has 1 amide bonds. The molecule has 1 aromatic heterocycles. The van der Waals surface area contributed by atoms with E-state index in [4.69, 9.17) is 0 Å². The maximum atomic E-state index is 12.0. The van der Waals surface area contributed by atoms with Crippen LogP contribution in [0.25, 0.3) is 6.08 Å². The summed E-state index contributed by atoms with van der Waals surface area (Å²) >= 11 is 0. The zero-order chi connectivity index (χ0) is 15.4. The van der Waals surface area contributed by atoms with Gasteiger partial charge < -0.3 is 10.2 Å². The number of hydrogen-bond donors (Lipinski definition) is 1. The van der Waals surface area contributed by atoms with Gasteiger partial charge in [-0.2, -0.15) is 0 Å². The van der Waals surface area contributed by atoms with E-state index in [1.165, 1.54) is 5.56 Å². The van der Waals surface area contributed by atoms with Crippen molar-refractivity contribution in [2.75, 3.05) is 18.9 Å². The lowest BCUT2D eigenvalue weighted by Crippen LogP contribution is -2.27. The second kappa shape index (κ2) is 6.54. The Hall–Kier alpha value is -2.46. The number of carbonyl (C=O) groups is 1. The zero-order valence-electron chi connectivity index (χ0n) is 12.6. The number of benzene rings is 1. The van der Waals surface area contributed by atoms with Crippen LogP contribution in [-0.2, 0) is 17.8 Å². The highest BCUT2D eigenvalue weighted by Gasteiger charge is 2.14. The molecule has 2 heterocycles. The standard InChI is InChI=1S/C18H19N3O/c1-21-10-9-17-15(13-21)11-16(12-19-17)20-18(22)8-7-14-5-3-2-4-6-14/h2-8,11-12H,9-10,13H2,1H3,(H,20,22)/b8-7+. The summed E-state index contributed by atoms with van der Waals surface area (Å²) in [7, 11) is 2.09. The second-order valence-corrected chi connectivity index (χ2v) is 5.55. The van der Waals surface area contributed by atoms with Crippen LogP contribution >= 0.6 is 0 Å². The highest BCUT2D eigenvalue weighted by atomic mass is 16.1. The second-order valence-electron chi connectivity index (χ2n) is 5.55. The molecule has 0 fully saturated rings. The predicted molar refractivity (Wildman–Crippen MR) is 88.4 cm³/mol. The molecule has 0 unspecified atom stereocenters. The maximum Gasteiger partial charge on any atom is 0.248 e. The maximum absolute atomic E-state index is 12.0. The third kappa shape index (κ3) is 3.59. The highest BCUT2D eigenvalue weighted by Crippen LogP contribution is 2.19. The Balaban J connectivity index is 1.67. The number of anilines is 1. The zero-order valence-corrected chi connectivity index (χ0v) is 12.6. The molecule has 0 atom stereocenters. The summed E-state index contributed by atoms with van der Waals surface area (Å²) < 4.78 is 0. The van der Waals surface area contributed by atoms with Crippen LogP contribution in [0.1, 0.15) is 16.8 Å². The largest absolute Gasteiger partial charge is 0.321 e. The van der Waals surface area contributed by atoms with Crippen molar-refractivity contribution in [3.63, 3.8) is 0 Å². The van der Waals surface area contributed by atoms with Crippen molar-refractivity contribution >= 4 is 17.7 Å². The molecule has 1 N–H and O–H groups in total. The number of hydrogen-bond acceptors (Lipinski definition) is 3. The predicted octanol–water partition coefficient (Wildman–Crippen LogP) is 2.72. The Bertz CT molecular complexity index is 695. The first kappa shape index (κ1) is 14.5.